The number of para-hydroxylation sites is 1. The van der Waals surface area contributed by atoms with E-state index in [9.17, 15) is 9.59 Å². The van der Waals surface area contributed by atoms with E-state index in [-0.39, 0.29) is 18.4 Å². The van der Waals surface area contributed by atoms with Crippen molar-refractivity contribution < 1.29 is 23.8 Å². The maximum absolute atomic E-state index is 13.2. The van der Waals surface area contributed by atoms with E-state index in [1.807, 2.05) is 31.2 Å². The van der Waals surface area contributed by atoms with Crippen LogP contribution in [-0.2, 0) is 9.59 Å². The van der Waals surface area contributed by atoms with Gasteiger partial charge in [0.15, 0.2) is 11.5 Å². The van der Waals surface area contributed by atoms with E-state index in [0.717, 1.165) is 5.56 Å². The Morgan fingerprint density at radius 2 is 2.03 bits per heavy atom. The molecule has 1 N–H and O–H groups in total. The average Bonchev–Trinajstić information content (AvgIpc) is 3.29. The molecule has 0 aliphatic carbocycles. The van der Waals surface area contributed by atoms with Crippen LogP contribution >= 0.6 is 11.8 Å². The number of benzene rings is 2. The topological polar surface area (TPSA) is 77.1 Å². The van der Waals surface area contributed by atoms with Crippen molar-refractivity contribution in [3.8, 4) is 17.2 Å². The van der Waals surface area contributed by atoms with Crippen LogP contribution in [0.1, 0.15) is 12.5 Å². The maximum atomic E-state index is 13.2. The standard InChI is InChI=1S/C23H24N2O5S/c1-3-29-20-6-4-5-15-11-16(12-30-21(15)20)23(27)25-14-31-13-19(25)22(26)24-17-7-9-18(28-2)10-8-17/h4-11,19H,3,12-14H2,1-2H3,(H,24,26). The Morgan fingerprint density at radius 1 is 1.23 bits per heavy atom. The monoisotopic (exact) mass is 440 g/mol. The Kier molecular flexibility index (Phi) is 6.36. The molecule has 0 bridgehead atoms. The number of anilines is 1. The highest BCUT2D eigenvalue weighted by molar-refractivity contribution is 7.99. The molecule has 0 radical (unpaired) electrons. The molecule has 2 aliphatic heterocycles. The van der Waals surface area contributed by atoms with Crippen LogP contribution in [0.5, 0.6) is 17.2 Å². The fourth-order valence-corrected chi connectivity index (χ4v) is 4.67. The van der Waals surface area contributed by atoms with Gasteiger partial charge in [-0.1, -0.05) is 12.1 Å². The highest BCUT2D eigenvalue weighted by atomic mass is 32.2. The lowest BCUT2D eigenvalue weighted by molar-refractivity contribution is -0.133. The SMILES string of the molecule is CCOc1cccc2c1OCC(C(=O)N1CSCC1C(=O)Nc1ccc(OC)cc1)=C2. The van der Waals surface area contributed by atoms with Gasteiger partial charge in [-0.05, 0) is 43.3 Å². The fourth-order valence-electron chi connectivity index (χ4n) is 3.52. The molecule has 2 aromatic carbocycles. The predicted molar refractivity (Wildman–Crippen MR) is 121 cm³/mol. The van der Waals surface area contributed by atoms with E-state index in [4.69, 9.17) is 14.2 Å². The minimum absolute atomic E-state index is 0.143. The number of nitrogens with zero attached hydrogens (tertiary/aromatic N) is 1. The van der Waals surface area contributed by atoms with Crippen LogP contribution in [0.2, 0.25) is 0 Å². The fraction of sp³-hybridized carbons (Fsp3) is 0.304. The van der Waals surface area contributed by atoms with E-state index >= 15 is 0 Å². The Balaban J connectivity index is 1.48. The normalized spacial score (nSPS) is 17.3. The Morgan fingerprint density at radius 3 is 2.77 bits per heavy atom. The molecule has 2 aromatic rings. The molecular weight excluding hydrogens is 416 g/mol. The largest absolute Gasteiger partial charge is 0.497 e. The summed E-state index contributed by atoms with van der Waals surface area (Å²) in [5.41, 5.74) is 1.98. The predicted octanol–water partition coefficient (Wildman–Crippen LogP) is 3.41. The van der Waals surface area contributed by atoms with Crippen molar-refractivity contribution in [3.05, 3.63) is 53.6 Å². The summed E-state index contributed by atoms with van der Waals surface area (Å²) >= 11 is 1.56. The highest BCUT2D eigenvalue weighted by Gasteiger charge is 2.36. The summed E-state index contributed by atoms with van der Waals surface area (Å²) in [5.74, 6) is 2.63. The van der Waals surface area contributed by atoms with Crippen molar-refractivity contribution in [1.82, 2.24) is 4.90 Å². The molecular formula is C23H24N2O5S. The average molecular weight is 441 g/mol. The van der Waals surface area contributed by atoms with Gasteiger partial charge in [0.1, 0.15) is 18.4 Å². The summed E-state index contributed by atoms with van der Waals surface area (Å²) < 4.78 is 16.6. The van der Waals surface area contributed by atoms with E-state index in [2.05, 4.69) is 5.32 Å². The lowest BCUT2D eigenvalue weighted by Crippen LogP contribution is -2.45. The molecule has 2 amide bonds. The van der Waals surface area contributed by atoms with Crippen LogP contribution in [0, 0.1) is 0 Å². The smallest absolute Gasteiger partial charge is 0.254 e. The summed E-state index contributed by atoms with van der Waals surface area (Å²) in [6.07, 6.45) is 1.82. The molecule has 4 rings (SSSR count). The van der Waals surface area contributed by atoms with Crippen LogP contribution in [-0.4, -0.2) is 54.7 Å². The molecule has 1 unspecified atom stereocenters. The summed E-state index contributed by atoms with van der Waals surface area (Å²) in [6.45, 7) is 2.59. The Hall–Kier alpha value is -3.13. The van der Waals surface area contributed by atoms with Crippen LogP contribution < -0.4 is 19.5 Å². The first-order valence-corrected chi connectivity index (χ1v) is 11.2. The van der Waals surface area contributed by atoms with Gasteiger partial charge in [-0.2, -0.15) is 0 Å². The number of carbonyl (C=O) groups is 2. The first kappa shape index (κ1) is 21.1. The lowest BCUT2D eigenvalue weighted by Gasteiger charge is -2.26. The summed E-state index contributed by atoms with van der Waals surface area (Å²) in [4.78, 5) is 27.7. The lowest BCUT2D eigenvalue weighted by atomic mass is 10.1. The molecule has 2 heterocycles. The number of hydrogen-bond acceptors (Lipinski definition) is 6. The van der Waals surface area contributed by atoms with Gasteiger partial charge in [0.2, 0.25) is 5.91 Å². The quantitative estimate of drug-likeness (QED) is 0.742. The van der Waals surface area contributed by atoms with Gasteiger partial charge in [0.05, 0.1) is 25.2 Å². The Labute approximate surface area is 185 Å². The van der Waals surface area contributed by atoms with Crippen LogP contribution in [0.3, 0.4) is 0 Å². The molecule has 0 spiro atoms. The second kappa shape index (κ2) is 9.34. The van der Waals surface area contributed by atoms with E-state index in [1.54, 1.807) is 48.0 Å². The summed E-state index contributed by atoms with van der Waals surface area (Å²) in [5, 5.41) is 2.89. The van der Waals surface area contributed by atoms with Crippen LogP contribution in [0.4, 0.5) is 5.69 Å². The van der Waals surface area contributed by atoms with Crippen molar-refractivity contribution in [2.75, 3.05) is 37.3 Å². The number of nitrogens with one attached hydrogen (secondary N) is 1. The first-order chi connectivity index (χ1) is 15.1. The molecule has 1 fully saturated rings. The summed E-state index contributed by atoms with van der Waals surface area (Å²) in [7, 11) is 1.59. The molecule has 1 saturated heterocycles. The van der Waals surface area contributed by atoms with E-state index in [0.29, 0.717) is 46.7 Å². The van der Waals surface area contributed by atoms with Crippen molar-refractivity contribution >= 4 is 35.3 Å². The van der Waals surface area contributed by atoms with Gasteiger partial charge in [-0.25, -0.2) is 0 Å². The number of ether oxygens (including phenoxy) is 3. The minimum Gasteiger partial charge on any atom is -0.497 e. The number of amides is 2. The first-order valence-electron chi connectivity index (χ1n) is 10.0. The van der Waals surface area contributed by atoms with Crippen molar-refractivity contribution in [1.29, 1.82) is 0 Å². The molecule has 0 aromatic heterocycles. The molecule has 8 heteroatoms. The Bertz CT molecular complexity index is 1010. The number of methoxy groups -OCH3 is 1. The highest BCUT2D eigenvalue weighted by Crippen LogP contribution is 2.36. The van der Waals surface area contributed by atoms with Gasteiger partial charge in [-0.3, -0.25) is 9.59 Å². The summed E-state index contributed by atoms with van der Waals surface area (Å²) in [6, 6.07) is 12.2. The van der Waals surface area contributed by atoms with Crippen molar-refractivity contribution in [3.63, 3.8) is 0 Å². The third kappa shape index (κ3) is 4.49. The zero-order valence-corrected chi connectivity index (χ0v) is 18.2. The molecule has 162 valence electrons. The maximum Gasteiger partial charge on any atom is 0.254 e. The molecule has 0 saturated carbocycles. The van der Waals surface area contributed by atoms with Crippen LogP contribution in [0.15, 0.2) is 48.0 Å². The van der Waals surface area contributed by atoms with Gasteiger partial charge < -0.3 is 24.4 Å². The van der Waals surface area contributed by atoms with Gasteiger partial charge in [0.25, 0.3) is 5.91 Å². The van der Waals surface area contributed by atoms with E-state index < -0.39 is 6.04 Å². The zero-order chi connectivity index (χ0) is 21.8. The zero-order valence-electron chi connectivity index (χ0n) is 17.4. The molecule has 2 aliphatic rings. The minimum atomic E-state index is -0.545. The molecule has 1 atom stereocenters. The third-order valence-corrected chi connectivity index (χ3v) is 6.10. The van der Waals surface area contributed by atoms with Gasteiger partial charge in [-0.15, -0.1) is 11.8 Å². The molecule has 7 nitrogen and oxygen atoms in total. The second-order valence-electron chi connectivity index (χ2n) is 7.07. The van der Waals surface area contributed by atoms with Crippen molar-refractivity contribution in [2.24, 2.45) is 0 Å². The number of fused-ring (bicyclic) bond motifs is 1. The van der Waals surface area contributed by atoms with Crippen molar-refractivity contribution in [2.45, 2.75) is 13.0 Å². The van der Waals surface area contributed by atoms with Gasteiger partial charge in [0, 0.05) is 17.0 Å². The van der Waals surface area contributed by atoms with Gasteiger partial charge >= 0.3 is 0 Å². The second-order valence-corrected chi connectivity index (χ2v) is 8.07. The third-order valence-electron chi connectivity index (χ3n) is 5.09. The number of rotatable bonds is 6. The number of hydrogen-bond donors (Lipinski definition) is 1. The number of thioether (sulfide) groups is 1. The number of carbonyl (C=O) groups excluding carboxylic acids is 2. The van der Waals surface area contributed by atoms with Crippen LogP contribution in [0.25, 0.3) is 6.08 Å². The van der Waals surface area contributed by atoms with E-state index in [1.165, 1.54) is 0 Å². The molecule has 31 heavy (non-hydrogen) atoms.